The third kappa shape index (κ3) is 6.42. The van der Waals surface area contributed by atoms with Crippen molar-refractivity contribution in [1.29, 1.82) is 0 Å². The molecule has 1 aromatic heterocycles. The molecule has 1 aliphatic rings. The summed E-state index contributed by atoms with van der Waals surface area (Å²) in [5.74, 6) is -1.30. The predicted molar refractivity (Wildman–Crippen MR) is 139 cm³/mol. The minimum Gasteiger partial charge on any atom is -0.481 e. The molecule has 0 bridgehead atoms. The van der Waals surface area contributed by atoms with Crippen molar-refractivity contribution in [2.75, 3.05) is 0 Å². The van der Waals surface area contributed by atoms with Crippen LogP contribution >= 0.6 is 15.9 Å². The fourth-order valence-corrected chi connectivity index (χ4v) is 5.08. The molecular formula is C28H27BrF3N3O3. The number of amides is 1. The number of pyridine rings is 1. The number of aliphatic carboxylic acids is 1. The Morgan fingerprint density at radius 2 is 1.79 bits per heavy atom. The molecule has 2 unspecified atom stereocenters. The van der Waals surface area contributed by atoms with Gasteiger partial charge >= 0.3 is 12.1 Å². The molecule has 0 spiro atoms. The van der Waals surface area contributed by atoms with Gasteiger partial charge in [0, 0.05) is 23.8 Å². The van der Waals surface area contributed by atoms with Gasteiger partial charge in [-0.1, -0.05) is 54.0 Å². The smallest absolute Gasteiger partial charge is 0.416 e. The second kappa shape index (κ2) is 11.2. The van der Waals surface area contributed by atoms with Gasteiger partial charge in [-0.15, -0.1) is 0 Å². The Hall–Kier alpha value is -3.24. The Kier molecular flexibility index (Phi) is 8.22. The maximum absolute atomic E-state index is 13.1. The lowest BCUT2D eigenvalue weighted by Crippen LogP contribution is -2.30. The lowest BCUT2D eigenvalue weighted by atomic mass is 9.99. The number of alkyl halides is 3. The van der Waals surface area contributed by atoms with Gasteiger partial charge in [0.15, 0.2) is 0 Å². The van der Waals surface area contributed by atoms with E-state index in [-0.39, 0.29) is 18.4 Å². The van der Waals surface area contributed by atoms with Gasteiger partial charge in [-0.25, -0.2) is 0 Å². The minimum absolute atomic E-state index is 0.0630. The van der Waals surface area contributed by atoms with Crippen LogP contribution in [0.4, 0.5) is 13.2 Å². The Labute approximate surface area is 227 Å². The van der Waals surface area contributed by atoms with Gasteiger partial charge in [0.25, 0.3) is 5.91 Å². The highest BCUT2D eigenvalue weighted by Gasteiger charge is 2.35. The summed E-state index contributed by atoms with van der Waals surface area (Å²) in [4.78, 5) is 31.3. The number of hydrogen-bond acceptors (Lipinski definition) is 4. The highest BCUT2D eigenvalue weighted by Crippen LogP contribution is 2.39. The second-order valence-electron chi connectivity index (χ2n) is 9.73. The molecule has 10 heteroatoms. The Morgan fingerprint density at radius 1 is 1.13 bits per heavy atom. The topological polar surface area (TPSA) is 82.5 Å². The highest BCUT2D eigenvalue weighted by atomic mass is 79.9. The Balaban J connectivity index is 1.53. The number of fused-ring (bicyclic) bond motifs is 1. The number of carboxylic acids is 1. The number of benzene rings is 2. The first-order valence-electron chi connectivity index (χ1n) is 12.1. The quantitative estimate of drug-likeness (QED) is 0.312. The molecule has 1 aliphatic heterocycles. The number of carboxylic acid groups (broad SMARTS) is 1. The molecule has 38 heavy (non-hydrogen) atoms. The Bertz CT molecular complexity index is 1310. The summed E-state index contributed by atoms with van der Waals surface area (Å²) >= 11 is 3.35. The van der Waals surface area contributed by atoms with E-state index >= 15 is 0 Å². The van der Waals surface area contributed by atoms with E-state index in [9.17, 15) is 27.9 Å². The average Bonchev–Trinajstić information content (AvgIpc) is 3.20. The zero-order valence-corrected chi connectivity index (χ0v) is 22.4. The first kappa shape index (κ1) is 27.8. The lowest BCUT2D eigenvalue weighted by molar-refractivity contribution is -0.138. The Morgan fingerprint density at radius 3 is 2.37 bits per heavy atom. The van der Waals surface area contributed by atoms with E-state index in [1.54, 1.807) is 30.3 Å². The molecule has 0 radical (unpaired) electrons. The first-order valence-corrected chi connectivity index (χ1v) is 12.9. The van der Waals surface area contributed by atoms with Crippen molar-refractivity contribution in [2.24, 2.45) is 5.92 Å². The van der Waals surface area contributed by atoms with Crippen LogP contribution in [0.15, 0.2) is 65.3 Å². The summed E-state index contributed by atoms with van der Waals surface area (Å²) in [5.41, 5.74) is 2.74. The molecule has 2 N–H and O–H groups in total. The van der Waals surface area contributed by atoms with E-state index in [1.165, 1.54) is 18.3 Å². The maximum atomic E-state index is 13.1. The molecule has 0 aliphatic carbocycles. The number of aromatic nitrogens is 1. The zero-order chi connectivity index (χ0) is 27.6. The van der Waals surface area contributed by atoms with E-state index in [4.69, 9.17) is 0 Å². The van der Waals surface area contributed by atoms with Gasteiger partial charge in [-0.05, 0) is 52.9 Å². The molecule has 0 fully saturated rings. The molecule has 3 aromatic rings. The van der Waals surface area contributed by atoms with Crippen molar-refractivity contribution in [2.45, 2.75) is 51.6 Å². The molecular weight excluding hydrogens is 563 g/mol. The lowest BCUT2D eigenvalue weighted by Gasteiger charge is -2.27. The van der Waals surface area contributed by atoms with Crippen LogP contribution in [-0.4, -0.2) is 26.9 Å². The van der Waals surface area contributed by atoms with Crippen LogP contribution in [0.25, 0.3) is 0 Å². The van der Waals surface area contributed by atoms with Crippen molar-refractivity contribution in [3.8, 4) is 0 Å². The van der Waals surface area contributed by atoms with Gasteiger partial charge < -0.3 is 10.4 Å². The third-order valence-corrected chi connectivity index (χ3v) is 7.09. The summed E-state index contributed by atoms with van der Waals surface area (Å²) in [7, 11) is 0. The fourth-order valence-electron chi connectivity index (χ4n) is 4.82. The molecule has 0 saturated carbocycles. The molecule has 4 rings (SSSR count). The van der Waals surface area contributed by atoms with Crippen LogP contribution in [0.2, 0.25) is 0 Å². The number of nitrogens with zero attached hydrogens (tertiary/aromatic N) is 2. The van der Waals surface area contributed by atoms with Crippen molar-refractivity contribution >= 4 is 27.8 Å². The van der Waals surface area contributed by atoms with E-state index in [0.717, 1.165) is 33.4 Å². The minimum atomic E-state index is -4.38. The number of nitrogens with one attached hydrogen (secondary N) is 1. The van der Waals surface area contributed by atoms with Crippen LogP contribution in [0.1, 0.15) is 70.7 Å². The first-order chi connectivity index (χ1) is 17.9. The van der Waals surface area contributed by atoms with E-state index in [2.05, 4.69) is 45.0 Å². The summed E-state index contributed by atoms with van der Waals surface area (Å²) in [6.45, 7) is 5.02. The maximum Gasteiger partial charge on any atom is 0.416 e. The zero-order valence-electron chi connectivity index (χ0n) is 20.8. The van der Waals surface area contributed by atoms with E-state index in [0.29, 0.717) is 24.2 Å². The van der Waals surface area contributed by atoms with Gasteiger partial charge in [0.1, 0.15) is 0 Å². The van der Waals surface area contributed by atoms with Crippen molar-refractivity contribution < 1.29 is 27.9 Å². The van der Waals surface area contributed by atoms with Gasteiger partial charge in [0.05, 0.1) is 35.3 Å². The number of carbonyl (C=O) groups is 2. The molecule has 200 valence electrons. The van der Waals surface area contributed by atoms with Gasteiger partial charge in [-0.2, -0.15) is 13.2 Å². The van der Waals surface area contributed by atoms with Crippen LogP contribution in [0, 0.1) is 5.92 Å². The van der Waals surface area contributed by atoms with E-state index in [1.807, 2.05) is 0 Å². The van der Waals surface area contributed by atoms with Crippen LogP contribution in [0.3, 0.4) is 0 Å². The second-order valence-corrected chi connectivity index (χ2v) is 10.6. The standard InChI is InChI=1S/C28H27BrF3N3O3/c1-16(2)26-25-20(15-35(26)14-17-3-7-21(8-4-17)28(30,31)32)11-19(13-33-25)27(38)34-23(12-24(36)37)18-5-9-22(29)10-6-18/h3-11,13,16,23,26H,12,14-15H2,1-2H3,(H,34,38)(H,36,37). The van der Waals surface area contributed by atoms with Gasteiger partial charge in [0.2, 0.25) is 0 Å². The number of hydrogen-bond donors (Lipinski definition) is 2. The molecule has 2 atom stereocenters. The monoisotopic (exact) mass is 589 g/mol. The van der Waals surface area contributed by atoms with Crippen LogP contribution in [0.5, 0.6) is 0 Å². The van der Waals surface area contributed by atoms with Gasteiger partial charge in [-0.3, -0.25) is 19.5 Å². The normalized spacial score (nSPS) is 16.3. The molecule has 0 saturated heterocycles. The summed E-state index contributed by atoms with van der Waals surface area (Å²) < 4.78 is 39.7. The number of carbonyl (C=O) groups excluding carboxylic acids is 1. The molecule has 2 heterocycles. The summed E-state index contributed by atoms with van der Waals surface area (Å²) in [6.07, 6.45) is -3.17. The van der Waals surface area contributed by atoms with Crippen molar-refractivity contribution in [1.82, 2.24) is 15.2 Å². The fraction of sp³-hybridized carbons (Fsp3) is 0.321. The third-order valence-electron chi connectivity index (χ3n) is 6.57. The van der Waals surface area contributed by atoms with Crippen LogP contribution in [-0.2, 0) is 24.1 Å². The molecule has 1 amide bonds. The highest BCUT2D eigenvalue weighted by molar-refractivity contribution is 9.10. The predicted octanol–water partition coefficient (Wildman–Crippen LogP) is 6.52. The average molecular weight is 590 g/mol. The van der Waals surface area contributed by atoms with Crippen LogP contribution < -0.4 is 5.32 Å². The molecule has 2 aromatic carbocycles. The SMILES string of the molecule is CC(C)C1c2ncc(C(=O)NC(CC(=O)O)c3ccc(Br)cc3)cc2CN1Cc1ccc(C(F)(F)F)cc1. The largest absolute Gasteiger partial charge is 0.481 e. The number of halogens is 4. The van der Waals surface area contributed by atoms with Crippen molar-refractivity contribution in [3.05, 3.63) is 98.8 Å². The van der Waals surface area contributed by atoms with Crippen molar-refractivity contribution in [3.63, 3.8) is 0 Å². The number of rotatable bonds is 8. The molecule has 6 nitrogen and oxygen atoms in total. The summed E-state index contributed by atoms with van der Waals surface area (Å²) in [6, 6.07) is 13.2. The summed E-state index contributed by atoms with van der Waals surface area (Å²) in [5, 5.41) is 12.2. The van der Waals surface area contributed by atoms with E-state index < -0.39 is 29.7 Å².